The second kappa shape index (κ2) is 9.12. The van der Waals surface area contributed by atoms with Crippen LogP contribution in [0.3, 0.4) is 0 Å². The fraction of sp³-hybridized carbons (Fsp3) is 0.294. The second-order valence-electron chi connectivity index (χ2n) is 5.05. The number of hydrogen-bond acceptors (Lipinski definition) is 5. The molecule has 0 aromatic carbocycles. The third kappa shape index (κ3) is 5.42. The number of nitrogens with zero attached hydrogens (tertiary/aromatic N) is 2. The molecular weight excluding hydrogens is 374 g/mol. The first kappa shape index (κ1) is 18.1. The normalized spacial score (nSPS) is 10.2. The van der Waals surface area contributed by atoms with Gasteiger partial charge in [-0.05, 0) is 46.6 Å². The zero-order valence-electron chi connectivity index (χ0n) is 13.3. The van der Waals surface area contributed by atoms with Crippen LogP contribution in [0.25, 0.3) is 0 Å². The number of carbonyl (C=O) groups excluding carboxylic acids is 2. The molecule has 0 unspecified atom stereocenters. The molecule has 2 rings (SSSR count). The Morgan fingerprint density at radius 2 is 2.00 bits per heavy atom. The van der Waals surface area contributed by atoms with Gasteiger partial charge >= 0.3 is 5.97 Å². The van der Waals surface area contributed by atoms with Gasteiger partial charge < -0.3 is 10.1 Å². The van der Waals surface area contributed by atoms with Gasteiger partial charge in [0, 0.05) is 10.7 Å². The van der Waals surface area contributed by atoms with Gasteiger partial charge in [-0.2, -0.15) is 0 Å². The Hall–Kier alpha value is -2.28. The summed E-state index contributed by atoms with van der Waals surface area (Å²) in [4.78, 5) is 32.3. The van der Waals surface area contributed by atoms with E-state index in [-0.39, 0.29) is 23.8 Å². The Bertz CT molecular complexity index is 704. The van der Waals surface area contributed by atoms with Gasteiger partial charge in [0.05, 0.1) is 18.8 Å². The number of esters is 1. The maximum absolute atomic E-state index is 12.2. The number of hydrogen-bond donors (Lipinski definition) is 1. The minimum Gasteiger partial charge on any atom is -0.461 e. The molecule has 0 aliphatic carbocycles. The van der Waals surface area contributed by atoms with Crippen LogP contribution in [-0.4, -0.2) is 28.5 Å². The molecule has 126 valence electrons. The van der Waals surface area contributed by atoms with E-state index in [0.717, 1.165) is 23.0 Å². The Morgan fingerprint density at radius 1 is 1.21 bits per heavy atom. The van der Waals surface area contributed by atoms with Gasteiger partial charge in [-0.1, -0.05) is 19.4 Å². The zero-order chi connectivity index (χ0) is 17.4. The van der Waals surface area contributed by atoms with Gasteiger partial charge in [0.2, 0.25) is 0 Å². The van der Waals surface area contributed by atoms with Crippen LogP contribution in [0, 0.1) is 0 Å². The lowest BCUT2D eigenvalue weighted by molar-refractivity contribution is 0.0492. The van der Waals surface area contributed by atoms with Gasteiger partial charge in [0.25, 0.3) is 5.91 Å². The van der Waals surface area contributed by atoms with Crippen LogP contribution < -0.4 is 5.32 Å². The molecule has 1 amide bonds. The van der Waals surface area contributed by atoms with Crippen molar-refractivity contribution in [2.45, 2.75) is 26.3 Å². The molecule has 7 heteroatoms. The van der Waals surface area contributed by atoms with Crippen LogP contribution in [0.2, 0.25) is 0 Å². The van der Waals surface area contributed by atoms with Crippen molar-refractivity contribution in [3.63, 3.8) is 0 Å². The van der Waals surface area contributed by atoms with Crippen molar-refractivity contribution in [2.24, 2.45) is 0 Å². The van der Waals surface area contributed by atoms with Crippen LogP contribution in [-0.2, 0) is 11.3 Å². The van der Waals surface area contributed by atoms with Crippen LogP contribution in [0.5, 0.6) is 0 Å². The molecule has 0 aliphatic rings. The summed E-state index contributed by atoms with van der Waals surface area (Å²) >= 11 is 3.30. The van der Waals surface area contributed by atoms with Gasteiger partial charge in [0.1, 0.15) is 11.4 Å². The molecule has 2 heterocycles. The molecule has 0 fully saturated rings. The summed E-state index contributed by atoms with van der Waals surface area (Å²) in [6.45, 7) is 2.64. The lowest BCUT2D eigenvalue weighted by Gasteiger charge is -2.06. The van der Waals surface area contributed by atoms with E-state index in [9.17, 15) is 9.59 Å². The summed E-state index contributed by atoms with van der Waals surface area (Å²) in [5, 5.41) is 2.72. The van der Waals surface area contributed by atoms with Crippen LogP contribution in [0.4, 0.5) is 0 Å². The summed E-state index contributed by atoms with van der Waals surface area (Å²) < 4.78 is 5.97. The molecule has 0 spiro atoms. The minimum atomic E-state index is -0.521. The average Bonchev–Trinajstić information content (AvgIpc) is 2.61. The summed E-state index contributed by atoms with van der Waals surface area (Å²) in [5.41, 5.74) is 1.01. The topological polar surface area (TPSA) is 81.2 Å². The molecule has 2 aromatic rings. The van der Waals surface area contributed by atoms with Gasteiger partial charge in [-0.3, -0.25) is 9.78 Å². The van der Waals surface area contributed by atoms with Crippen molar-refractivity contribution in [3.05, 3.63) is 58.1 Å². The number of rotatable bonds is 7. The molecule has 1 N–H and O–H groups in total. The average molecular weight is 392 g/mol. The van der Waals surface area contributed by atoms with E-state index in [2.05, 4.69) is 31.2 Å². The number of nitrogens with one attached hydrogen (secondary N) is 1. The van der Waals surface area contributed by atoms with Crippen molar-refractivity contribution in [2.75, 3.05) is 6.61 Å². The van der Waals surface area contributed by atoms with Crippen molar-refractivity contribution < 1.29 is 14.3 Å². The molecule has 6 nitrogen and oxygen atoms in total. The number of carbonyl (C=O) groups is 2. The molecule has 24 heavy (non-hydrogen) atoms. The van der Waals surface area contributed by atoms with Crippen LogP contribution in [0.1, 0.15) is 46.4 Å². The predicted molar refractivity (Wildman–Crippen MR) is 92.5 cm³/mol. The number of ether oxygens (including phenoxy) is 1. The van der Waals surface area contributed by atoms with E-state index in [1.54, 1.807) is 24.4 Å². The van der Waals surface area contributed by atoms with E-state index in [1.165, 1.54) is 6.07 Å². The lowest BCUT2D eigenvalue weighted by Crippen LogP contribution is -2.25. The number of unbranched alkanes of at least 4 members (excludes halogenated alkanes) is 1. The Kier molecular flexibility index (Phi) is 6.87. The van der Waals surface area contributed by atoms with E-state index >= 15 is 0 Å². The van der Waals surface area contributed by atoms with Crippen molar-refractivity contribution in [3.8, 4) is 0 Å². The largest absolute Gasteiger partial charge is 0.461 e. The number of halogens is 1. The molecule has 0 bridgehead atoms. The first-order valence-electron chi connectivity index (χ1n) is 7.63. The first-order valence-corrected chi connectivity index (χ1v) is 8.42. The van der Waals surface area contributed by atoms with Gasteiger partial charge in [-0.15, -0.1) is 0 Å². The molecule has 0 saturated carbocycles. The molecular formula is C17H18BrN3O3. The fourth-order valence-electron chi connectivity index (χ4n) is 1.83. The maximum Gasteiger partial charge on any atom is 0.356 e. The number of pyridine rings is 2. The molecule has 0 atom stereocenters. The molecule has 0 aliphatic heterocycles. The highest BCUT2D eigenvalue weighted by Gasteiger charge is 2.13. The van der Waals surface area contributed by atoms with E-state index in [1.807, 2.05) is 13.0 Å². The molecule has 0 radical (unpaired) electrons. The Balaban J connectivity index is 1.95. The van der Waals surface area contributed by atoms with E-state index in [4.69, 9.17) is 4.74 Å². The highest BCUT2D eigenvalue weighted by atomic mass is 79.9. The predicted octanol–water partition coefficient (Wildman–Crippen LogP) is 3.13. The first-order chi connectivity index (χ1) is 11.6. The van der Waals surface area contributed by atoms with Crippen LogP contribution in [0.15, 0.2) is 41.0 Å². The smallest absolute Gasteiger partial charge is 0.356 e. The summed E-state index contributed by atoms with van der Waals surface area (Å²) in [6.07, 6.45) is 3.39. The summed E-state index contributed by atoms with van der Waals surface area (Å²) in [6, 6.07) is 8.34. The monoisotopic (exact) mass is 391 g/mol. The number of aromatic nitrogens is 2. The molecule has 2 aromatic heterocycles. The summed E-state index contributed by atoms with van der Waals surface area (Å²) in [5.74, 6) is -0.893. The maximum atomic E-state index is 12.2. The zero-order valence-corrected chi connectivity index (χ0v) is 14.9. The lowest BCUT2D eigenvalue weighted by atomic mass is 10.2. The quantitative estimate of drug-likeness (QED) is 0.579. The van der Waals surface area contributed by atoms with E-state index in [0.29, 0.717) is 6.61 Å². The van der Waals surface area contributed by atoms with Crippen molar-refractivity contribution in [1.29, 1.82) is 0 Å². The Morgan fingerprint density at radius 3 is 2.71 bits per heavy atom. The van der Waals surface area contributed by atoms with Crippen molar-refractivity contribution in [1.82, 2.24) is 15.3 Å². The third-order valence-corrected chi connectivity index (χ3v) is 3.61. The minimum absolute atomic E-state index is 0.125. The standard InChI is InChI=1S/C17H18BrN3O3/c1-2-3-9-24-17(23)15-6-4-5-14(21-15)16(22)20-11-13-8-7-12(18)10-19-13/h4-8,10H,2-3,9,11H2,1H3,(H,20,22). The van der Waals surface area contributed by atoms with Crippen LogP contribution >= 0.6 is 15.9 Å². The fourth-order valence-corrected chi connectivity index (χ4v) is 2.06. The third-order valence-electron chi connectivity index (χ3n) is 3.14. The van der Waals surface area contributed by atoms with E-state index < -0.39 is 5.97 Å². The van der Waals surface area contributed by atoms with Gasteiger partial charge in [-0.25, -0.2) is 9.78 Å². The summed E-state index contributed by atoms with van der Waals surface area (Å²) in [7, 11) is 0. The second-order valence-corrected chi connectivity index (χ2v) is 5.96. The number of amides is 1. The highest BCUT2D eigenvalue weighted by molar-refractivity contribution is 9.10. The SMILES string of the molecule is CCCCOC(=O)c1cccc(C(=O)NCc2ccc(Br)cn2)n1. The molecule has 0 saturated heterocycles. The Labute approximate surface area is 148 Å². The highest BCUT2D eigenvalue weighted by Crippen LogP contribution is 2.07. The van der Waals surface area contributed by atoms with Gasteiger partial charge in [0.15, 0.2) is 0 Å². The van der Waals surface area contributed by atoms with Crippen molar-refractivity contribution >= 4 is 27.8 Å².